The number of aliphatic hydroxyl groups excluding tert-OH is 1. The molecule has 1 aromatic heterocycles. The summed E-state index contributed by atoms with van der Waals surface area (Å²) in [5.74, 6) is 0.587. The highest BCUT2D eigenvalue weighted by Crippen LogP contribution is 2.33. The van der Waals surface area contributed by atoms with Crippen LogP contribution in [0.2, 0.25) is 5.02 Å². The van der Waals surface area contributed by atoms with Gasteiger partial charge in [-0.1, -0.05) is 22.8 Å². The molecule has 1 amide bonds. The van der Waals surface area contributed by atoms with Crippen LogP contribution in [0.4, 0.5) is 0 Å². The first-order valence-corrected chi connectivity index (χ1v) is 11.4. The normalized spacial score (nSPS) is 17.8. The Kier molecular flexibility index (Phi) is 6.32. The van der Waals surface area contributed by atoms with E-state index >= 15 is 0 Å². The molecule has 2 aliphatic rings. The van der Waals surface area contributed by atoms with Crippen LogP contribution in [0.15, 0.2) is 52.0 Å². The maximum atomic E-state index is 13.1. The van der Waals surface area contributed by atoms with Crippen molar-refractivity contribution in [2.45, 2.75) is 18.6 Å². The maximum absolute atomic E-state index is 13.1. The second-order valence-electron chi connectivity index (χ2n) is 8.32. The molecule has 2 atom stereocenters. The van der Waals surface area contributed by atoms with E-state index in [9.17, 15) is 15.1 Å². The predicted octanol–water partition coefficient (Wildman–Crippen LogP) is 2.96. The number of benzene rings is 2. The number of carbonyl (C=O) groups is 1. The molecule has 0 bridgehead atoms. The highest BCUT2D eigenvalue weighted by molar-refractivity contribution is 6.44. The van der Waals surface area contributed by atoms with Gasteiger partial charge < -0.3 is 34.4 Å². The largest absolute Gasteiger partial charge is 0.486 e. The molecule has 3 heterocycles. The number of carbonyl (C=O) groups excluding carboxylic acids is 1. The summed E-state index contributed by atoms with van der Waals surface area (Å²) < 4.78 is 16.9. The van der Waals surface area contributed by atoms with Gasteiger partial charge in [0.25, 0.3) is 5.91 Å². The Balaban J connectivity index is 1.38. The van der Waals surface area contributed by atoms with Crippen LogP contribution >= 0.6 is 11.6 Å². The lowest BCUT2D eigenvalue weighted by Crippen LogP contribution is -2.52. The van der Waals surface area contributed by atoms with E-state index in [0.29, 0.717) is 52.8 Å². The van der Waals surface area contributed by atoms with Gasteiger partial charge in [-0.05, 0) is 61.5 Å². The minimum atomic E-state index is -1.03. The second kappa shape index (κ2) is 9.54. The quantitative estimate of drug-likeness (QED) is 0.267. The van der Waals surface area contributed by atoms with Crippen molar-refractivity contribution in [1.82, 2.24) is 10.2 Å². The Bertz CT molecular complexity index is 1240. The van der Waals surface area contributed by atoms with Crippen molar-refractivity contribution in [3.8, 4) is 11.5 Å². The molecule has 1 fully saturated rings. The molecule has 0 aliphatic carbocycles. The van der Waals surface area contributed by atoms with Gasteiger partial charge in [-0.3, -0.25) is 4.79 Å². The van der Waals surface area contributed by atoms with Crippen LogP contribution in [0.3, 0.4) is 0 Å². The second-order valence-corrected chi connectivity index (χ2v) is 8.76. The molecule has 5 rings (SSSR count). The first-order valence-electron chi connectivity index (χ1n) is 11.0. The molecule has 0 radical (unpaired) electrons. The monoisotopic (exact) mass is 485 g/mol. The van der Waals surface area contributed by atoms with Crippen LogP contribution < -0.4 is 14.8 Å². The Hall–Kier alpha value is -3.27. The first kappa shape index (κ1) is 22.5. The lowest BCUT2D eigenvalue weighted by Gasteiger charge is -2.36. The average Bonchev–Trinajstić information content (AvgIpc) is 3.22. The summed E-state index contributed by atoms with van der Waals surface area (Å²) in [5.41, 5.74) is 0.785. The fourth-order valence-corrected chi connectivity index (χ4v) is 4.30. The van der Waals surface area contributed by atoms with Gasteiger partial charge in [0, 0.05) is 17.0 Å². The zero-order chi connectivity index (χ0) is 23.7. The zero-order valence-electron chi connectivity index (χ0n) is 18.2. The van der Waals surface area contributed by atoms with Gasteiger partial charge in [0.1, 0.15) is 24.9 Å². The highest BCUT2D eigenvalue weighted by atomic mass is 35.5. The summed E-state index contributed by atoms with van der Waals surface area (Å²) in [6, 6.07) is 11.1. The molecule has 0 spiro atoms. The van der Waals surface area contributed by atoms with E-state index in [1.54, 1.807) is 42.5 Å². The van der Waals surface area contributed by atoms with Crippen molar-refractivity contribution < 1.29 is 29.0 Å². The van der Waals surface area contributed by atoms with Crippen LogP contribution in [-0.4, -0.2) is 65.7 Å². The van der Waals surface area contributed by atoms with Gasteiger partial charge in [0.2, 0.25) is 5.71 Å². The number of nitrogens with one attached hydrogen (secondary N) is 1. The summed E-state index contributed by atoms with van der Waals surface area (Å²) >= 11 is 6.03. The standard InChI is InChI=1S/C24H24ClN3O6/c25-16-3-5-18-15(10-16)12-21(34-18)22(27-31)24(30)26-17(13-28-6-1-7-28)23(29)14-2-4-19-20(11-14)33-9-8-32-19/h2-5,10-12,17,23,29,31H,1,6-9,13H2,(H,26,30)/t17-,23-/m1/s1. The Morgan fingerprint density at radius 2 is 1.91 bits per heavy atom. The number of hydrogen-bond donors (Lipinski definition) is 3. The lowest BCUT2D eigenvalue weighted by molar-refractivity contribution is -0.116. The van der Waals surface area contributed by atoms with Gasteiger partial charge in [0.15, 0.2) is 17.3 Å². The number of amides is 1. The molecule has 34 heavy (non-hydrogen) atoms. The minimum Gasteiger partial charge on any atom is -0.486 e. The Morgan fingerprint density at radius 1 is 1.12 bits per heavy atom. The number of likely N-dealkylation sites (tertiary alicyclic amines) is 1. The number of hydrogen-bond acceptors (Lipinski definition) is 8. The summed E-state index contributed by atoms with van der Waals surface area (Å²) in [6.07, 6.45) is 0.0286. The van der Waals surface area contributed by atoms with Crippen molar-refractivity contribution in [2.75, 3.05) is 32.8 Å². The molecule has 9 nitrogen and oxygen atoms in total. The molecular formula is C24H24ClN3O6. The number of nitrogens with zero attached hydrogens (tertiary/aromatic N) is 2. The highest BCUT2D eigenvalue weighted by Gasteiger charge is 2.31. The Labute approximate surface area is 200 Å². The third-order valence-corrected chi connectivity index (χ3v) is 6.27. The molecule has 2 aromatic carbocycles. The molecular weight excluding hydrogens is 462 g/mol. The van der Waals surface area contributed by atoms with Crippen LogP contribution in [0.25, 0.3) is 11.0 Å². The van der Waals surface area contributed by atoms with Gasteiger partial charge in [-0.25, -0.2) is 0 Å². The van der Waals surface area contributed by atoms with Crippen molar-refractivity contribution in [3.63, 3.8) is 0 Å². The van der Waals surface area contributed by atoms with Gasteiger partial charge in [-0.2, -0.15) is 0 Å². The SMILES string of the molecule is O=C(N[C@H](CN1CCC1)[C@H](O)c1ccc2c(c1)OCCO2)C(=NO)c1cc2cc(Cl)ccc2o1. The van der Waals surface area contributed by atoms with Crippen molar-refractivity contribution in [1.29, 1.82) is 0 Å². The molecule has 3 aromatic rings. The van der Waals surface area contributed by atoms with Gasteiger partial charge in [0.05, 0.1) is 6.04 Å². The molecule has 178 valence electrons. The van der Waals surface area contributed by atoms with E-state index in [1.807, 2.05) is 0 Å². The van der Waals surface area contributed by atoms with Crippen LogP contribution in [0.1, 0.15) is 23.8 Å². The third-order valence-electron chi connectivity index (χ3n) is 6.04. The van der Waals surface area contributed by atoms with Crippen LogP contribution in [0, 0.1) is 0 Å². The summed E-state index contributed by atoms with van der Waals surface area (Å²) in [5, 5.41) is 28.0. The number of furan rings is 1. The number of oxime groups is 1. The summed E-state index contributed by atoms with van der Waals surface area (Å²) in [4.78, 5) is 15.3. The maximum Gasteiger partial charge on any atom is 0.277 e. The van der Waals surface area contributed by atoms with Crippen molar-refractivity contribution in [3.05, 3.63) is 58.8 Å². The van der Waals surface area contributed by atoms with Crippen LogP contribution in [0.5, 0.6) is 11.5 Å². The smallest absolute Gasteiger partial charge is 0.277 e. The van der Waals surface area contributed by atoms with Gasteiger partial charge >= 0.3 is 0 Å². The van der Waals surface area contributed by atoms with E-state index in [1.165, 1.54) is 0 Å². The molecule has 0 saturated carbocycles. The number of rotatable bonds is 7. The van der Waals surface area contributed by atoms with Crippen LogP contribution in [-0.2, 0) is 4.79 Å². The van der Waals surface area contributed by atoms with E-state index < -0.39 is 18.1 Å². The summed E-state index contributed by atoms with van der Waals surface area (Å²) in [7, 11) is 0. The Morgan fingerprint density at radius 3 is 2.65 bits per heavy atom. The minimum absolute atomic E-state index is 0.0915. The van der Waals surface area contributed by atoms with Crippen molar-refractivity contribution in [2.24, 2.45) is 5.16 Å². The van der Waals surface area contributed by atoms with Gasteiger partial charge in [-0.15, -0.1) is 0 Å². The summed E-state index contributed by atoms with van der Waals surface area (Å²) in [6.45, 7) is 3.09. The fourth-order valence-electron chi connectivity index (χ4n) is 4.12. The van der Waals surface area contributed by atoms with E-state index in [2.05, 4.69) is 15.4 Å². The lowest BCUT2D eigenvalue weighted by atomic mass is 9.99. The molecule has 0 unspecified atom stereocenters. The fraction of sp³-hybridized carbons (Fsp3) is 0.333. The molecule has 2 aliphatic heterocycles. The third kappa shape index (κ3) is 4.54. The predicted molar refractivity (Wildman–Crippen MR) is 125 cm³/mol. The van der Waals surface area contributed by atoms with E-state index in [-0.39, 0.29) is 11.5 Å². The molecule has 10 heteroatoms. The number of halogens is 1. The number of fused-ring (bicyclic) bond motifs is 2. The molecule has 1 saturated heterocycles. The number of aliphatic hydroxyl groups is 1. The molecule has 3 N–H and O–H groups in total. The average molecular weight is 486 g/mol. The number of ether oxygens (including phenoxy) is 2. The van der Waals surface area contributed by atoms with E-state index in [4.69, 9.17) is 25.5 Å². The zero-order valence-corrected chi connectivity index (χ0v) is 19.0. The van der Waals surface area contributed by atoms with E-state index in [0.717, 1.165) is 19.5 Å². The first-order chi connectivity index (χ1) is 16.5. The topological polar surface area (TPSA) is 117 Å². The van der Waals surface area contributed by atoms with Crippen molar-refractivity contribution >= 4 is 34.2 Å².